The van der Waals surface area contributed by atoms with Crippen molar-refractivity contribution >= 4 is 51.1 Å². The van der Waals surface area contributed by atoms with Crippen molar-refractivity contribution < 1.29 is 61.2 Å². The standard InChI is InChI=1S/C59H79N5O13S/c1-10-59(5,6)55(68)57(70)64-34-15-14-21-48(64)58(71)77-50(30-23-42-24-31-51(75-8)52(35-42)76-9)43-19-16-20-44(36-43)61-54(67)33-32-53(66)60-40(4)56(69)62-47(29-22-41-17-12-11-13-18-41)49(65)38-63(37-39(2)3)78(72,73)46-27-25-45(74-7)26-28-46/h11-13,16-20,24-28,31,35-36,39-40,47-50,65H,10,14-15,21-23,29-30,32-34,37-38H2,1-9H3,(H,60,66)(H,61,67)(H,62,69)/t40?,47-,48+,49+,50-/m1/s1. The summed E-state index contributed by atoms with van der Waals surface area (Å²) in [5.74, 6) is -2.16. The highest BCUT2D eigenvalue weighted by molar-refractivity contribution is 7.89. The zero-order valence-electron chi connectivity index (χ0n) is 46.5. The Morgan fingerprint density at radius 3 is 2.09 bits per heavy atom. The summed E-state index contributed by atoms with van der Waals surface area (Å²) in [6.45, 7) is 10.5. The zero-order chi connectivity index (χ0) is 57.2. The van der Waals surface area contributed by atoms with Crippen LogP contribution in [0.4, 0.5) is 5.69 Å². The highest BCUT2D eigenvalue weighted by Crippen LogP contribution is 2.33. The van der Waals surface area contributed by atoms with Crippen LogP contribution >= 0.6 is 0 Å². The second kappa shape index (κ2) is 29.2. The lowest BCUT2D eigenvalue weighted by Crippen LogP contribution is -2.54. The topological polar surface area (TPSA) is 236 Å². The van der Waals surface area contributed by atoms with Gasteiger partial charge in [-0.05, 0) is 129 Å². The van der Waals surface area contributed by atoms with E-state index in [2.05, 4.69) is 16.0 Å². The smallest absolute Gasteiger partial charge is 0.329 e. The number of sulfonamides is 1. The molecule has 18 nitrogen and oxygen atoms in total. The van der Waals surface area contributed by atoms with Crippen molar-refractivity contribution in [1.82, 2.24) is 19.8 Å². The van der Waals surface area contributed by atoms with Crippen LogP contribution in [0, 0.1) is 11.3 Å². The number of nitrogens with zero attached hydrogens (tertiary/aromatic N) is 2. The van der Waals surface area contributed by atoms with E-state index in [1.165, 1.54) is 42.5 Å². The van der Waals surface area contributed by atoms with Gasteiger partial charge in [0.1, 0.15) is 23.9 Å². The summed E-state index contributed by atoms with van der Waals surface area (Å²) >= 11 is 0. The number of likely N-dealkylation sites (tertiary alicyclic amines) is 1. The van der Waals surface area contributed by atoms with Crippen LogP contribution in [0.5, 0.6) is 17.2 Å². The summed E-state index contributed by atoms with van der Waals surface area (Å²) < 4.78 is 51.5. The average molecular weight is 1100 g/mol. The van der Waals surface area contributed by atoms with Gasteiger partial charge in [-0.3, -0.25) is 24.0 Å². The van der Waals surface area contributed by atoms with Gasteiger partial charge in [0.2, 0.25) is 33.5 Å². The molecule has 0 aromatic heterocycles. The minimum absolute atomic E-state index is 0.0230. The molecule has 4 aromatic rings. The molecule has 5 atom stereocenters. The molecule has 1 aliphatic heterocycles. The fourth-order valence-corrected chi connectivity index (χ4v) is 10.7. The van der Waals surface area contributed by atoms with Crippen LogP contribution in [0.1, 0.15) is 116 Å². The number of nitrogens with one attached hydrogen (secondary N) is 3. The van der Waals surface area contributed by atoms with E-state index in [1.54, 1.807) is 63.4 Å². The average Bonchev–Trinajstić information content (AvgIpc) is 3.44. The van der Waals surface area contributed by atoms with Crippen molar-refractivity contribution in [1.29, 1.82) is 0 Å². The van der Waals surface area contributed by atoms with Gasteiger partial charge in [-0.1, -0.05) is 83.1 Å². The highest BCUT2D eigenvalue weighted by atomic mass is 32.2. The Kier molecular flexibility index (Phi) is 23.2. The minimum atomic E-state index is -4.08. The molecule has 4 N–H and O–H groups in total. The largest absolute Gasteiger partial charge is 0.497 e. The number of benzene rings is 4. The molecule has 0 radical (unpaired) electrons. The SMILES string of the molecule is CCC(C)(C)C(=O)C(=O)N1CCCC[C@H]1C(=O)O[C@H](CCc1ccc(OC)c(OC)c1)c1cccc(NC(=O)CCC(=O)NC(C)C(=O)N[C@H](CCc2ccccc2)[C@@H](O)CN(CC(C)C)S(=O)(=O)c2ccc(OC)cc2)c1. The van der Waals surface area contributed by atoms with Gasteiger partial charge >= 0.3 is 5.97 Å². The van der Waals surface area contributed by atoms with E-state index in [-0.39, 0.29) is 49.7 Å². The Bertz CT molecular complexity index is 2770. The summed E-state index contributed by atoms with van der Waals surface area (Å²) in [6, 6.07) is 24.7. The number of ether oxygens (including phenoxy) is 4. The number of methoxy groups -OCH3 is 3. The molecule has 1 heterocycles. The molecule has 0 aliphatic carbocycles. The van der Waals surface area contributed by atoms with Crippen LogP contribution in [0.25, 0.3) is 0 Å². The van der Waals surface area contributed by atoms with Gasteiger partial charge < -0.3 is 44.9 Å². The first-order valence-electron chi connectivity index (χ1n) is 26.7. The monoisotopic (exact) mass is 1100 g/mol. The van der Waals surface area contributed by atoms with Crippen molar-refractivity contribution in [2.45, 2.75) is 141 Å². The van der Waals surface area contributed by atoms with E-state index < -0.39 is 81.2 Å². The van der Waals surface area contributed by atoms with Crippen LogP contribution in [0.3, 0.4) is 0 Å². The fourth-order valence-electron chi connectivity index (χ4n) is 9.04. The molecule has 1 unspecified atom stereocenters. The van der Waals surface area contributed by atoms with Crippen LogP contribution in [0.15, 0.2) is 102 Å². The molecule has 1 fully saturated rings. The van der Waals surface area contributed by atoms with E-state index in [0.29, 0.717) is 73.4 Å². The van der Waals surface area contributed by atoms with E-state index in [9.17, 15) is 42.3 Å². The molecule has 0 saturated carbocycles. The second-order valence-electron chi connectivity index (χ2n) is 20.8. The van der Waals surface area contributed by atoms with E-state index in [1.807, 2.05) is 63.2 Å². The number of aryl methyl sites for hydroxylation is 2. The number of esters is 1. The van der Waals surface area contributed by atoms with Crippen LogP contribution < -0.4 is 30.2 Å². The molecule has 0 bridgehead atoms. The molecule has 78 heavy (non-hydrogen) atoms. The maximum atomic E-state index is 14.2. The maximum Gasteiger partial charge on any atom is 0.329 e. The minimum Gasteiger partial charge on any atom is -0.497 e. The number of aliphatic hydroxyl groups excluding tert-OH is 1. The lowest BCUT2D eigenvalue weighted by atomic mass is 9.84. The normalized spacial score (nSPS) is 15.3. The number of piperidine rings is 1. The Labute approximate surface area is 460 Å². The Balaban J connectivity index is 1.25. The molecule has 424 valence electrons. The van der Waals surface area contributed by atoms with Gasteiger partial charge in [0.05, 0.1) is 38.4 Å². The van der Waals surface area contributed by atoms with Gasteiger partial charge in [0.15, 0.2) is 11.5 Å². The summed E-state index contributed by atoms with van der Waals surface area (Å²) in [5, 5.41) is 20.1. The molecule has 4 amide bonds. The number of hydrogen-bond acceptors (Lipinski definition) is 13. The molecular formula is C59H79N5O13S. The summed E-state index contributed by atoms with van der Waals surface area (Å²) in [6.07, 6.45) is 0.768. The van der Waals surface area contributed by atoms with Crippen LogP contribution in [-0.2, 0) is 56.4 Å². The van der Waals surface area contributed by atoms with E-state index >= 15 is 0 Å². The highest BCUT2D eigenvalue weighted by Gasteiger charge is 2.41. The van der Waals surface area contributed by atoms with Gasteiger partial charge in [0, 0.05) is 43.6 Å². The van der Waals surface area contributed by atoms with Gasteiger partial charge in [-0.25, -0.2) is 13.2 Å². The van der Waals surface area contributed by atoms with Gasteiger partial charge in [-0.15, -0.1) is 0 Å². The predicted octanol–water partition coefficient (Wildman–Crippen LogP) is 7.36. The van der Waals surface area contributed by atoms with E-state index in [0.717, 1.165) is 11.1 Å². The third-order valence-corrected chi connectivity index (χ3v) is 15.9. The zero-order valence-corrected chi connectivity index (χ0v) is 47.4. The van der Waals surface area contributed by atoms with Crippen LogP contribution in [-0.4, -0.2) is 123 Å². The van der Waals surface area contributed by atoms with Gasteiger partial charge in [0.25, 0.3) is 5.91 Å². The first kappa shape index (κ1) is 62.0. The number of anilines is 1. The van der Waals surface area contributed by atoms with Crippen molar-refractivity contribution in [3.8, 4) is 17.2 Å². The fraction of sp³-hybridized carbons (Fsp3) is 0.492. The Morgan fingerprint density at radius 2 is 1.44 bits per heavy atom. The first-order chi connectivity index (χ1) is 37.1. The quantitative estimate of drug-likeness (QED) is 0.0308. The van der Waals surface area contributed by atoms with E-state index in [4.69, 9.17) is 18.9 Å². The number of aliphatic hydroxyl groups is 1. The molecule has 1 aliphatic rings. The van der Waals surface area contributed by atoms with Crippen LogP contribution in [0.2, 0.25) is 0 Å². The number of carbonyl (C=O) groups excluding carboxylic acids is 6. The van der Waals surface area contributed by atoms with Crippen molar-refractivity contribution in [2.75, 3.05) is 46.3 Å². The molecule has 0 spiro atoms. The Morgan fingerprint density at radius 1 is 0.756 bits per heavy atom. The Hall–Kier alpha value is -6.83. The number of amides is 4. The second-order valence-corrected chi connectivity index (χ2v) is 22.7. The third kappa shape index (κ3) is 17.6. The number of hydrogen-bond donors (Lipinski definition) is 4. The molecule has 5 rings (SSSR count). The molecule has 4 aromatic carbocycles. The lowest BCUT2D eigenvalue weighted by molar-refractivity contribution is -0.164. The van der Waals surface area contributed by atoms with Crippen molar-refractivity contribution in [3.63, 3.8) is 0 Å². The predicted molar refractivity (Wildman–Crippen MR) is 296 cm³/mol. The maximum absolute atomic E-state index is 14.2. The number of ketones is 1. The van der Waals surface area contributed by atoms with Gasteiger partial charge in [-0.2, -0.15) is 4.31 Å². The summed E-state index contributed by atoms with van der Waals surface area (Å²) in [4.78, 5) is 82.9. The number of carbonyl (C=O) groups is 6. The van der Waals surface area contributed by atoms with Crippen molar-refractivity contribution in [2.24, 2.45) is 11.3 Å². The lowest BCUT2D eigenvalue weighted by Gasteiger charge is -2.36. The molecule has 19 heteroatoms. The van der Waals surface area contributed by atoms with Crippen molar-refractivity contribution in [3.05, 3.63) is 114 Å². The third-order valence-electron chi connectivity index (χ3n) is 14.1. The number of Topliss-reactive ketones (excluding diaryl/α,β-unsaturated/α-hetero) is 1. The first-order valence-corrected chi connectivity index (χ1v) is 28.2. The molecular weight excluding hydrogens is 1020 g/mol. The summed E-state index contributed by atoms with van der Waals surface area (Å²) in [7, 11) is 0.475. The number of rotatable bonds is 29. The molecule has 1 saturated heterocycles. The summed E-state index contributed by atoms with van der Waals surface area (Å²) in [5.41, 5.74) is 1.82.